The van der Waals surface area contributed by atoms with E-state index < -0.39 is 18.1 Å². The molecule has 1 N–H and O–H groups in total. The Labute approximate surface area is 161 Å². The molecule has 1 atom stereocenters. The van der Waals surface area contributed by atoms with Crippen molar-refractivity contribution < 1.29 is 22.7 Å². The van der Waals surface area contributed by atoms with Gasteiger partial charge < -0.3 is 15.0 Å². The van der Waals surface area contributed by atoms with Crippen LogP contribution in [0.5, 0.6) is 5.75 Å². The molecule has 1 heterocycles. The summed E-state index contributed by atoms with van der Waals surface area (Å²) in [4.78, 5) is 22.0. The van der Waals surface area contributed by atoms with Gasteiger partial charge in [0.2, 0.25) is 0 Å². The number of carbonyl (C=O) groups excluding carboxylic acids is 1. The molecule has 6 nitrogen and oxygen atoms in total. The lowest BCUT2D eigenvalue weighted by molar-refractivity contribution is -0.156. The van der Waals surface area contributed by atoms with E-state index in [-0.39, 0.29) is 11.5 Å². The van der Waals surface area contributed by atoms with Crippen LogP contribution in [0, 0.1) is 0 Å². The average Bonchev–Trinajstić information content (AvgIpc) is 2.64. The third-order valence-corrected chi connectivity index (χ3v) is 4.21. The predicted octanol–water partition coefficient (Wildman–Crippen LogP) is 3.27. The summed E-state index contributed by atoms with van der Waals surface area (Å²) in [5.41, 5.74) is 1.66. The molecule has 1 aliphatic rings. The van der Waals surface area contributed by atoms with Crippen LogP contribution in [0.1, 0.15) is 19.4 Å². The van der Waals surface area contributed by atoms with Gasteiger partial charge >= 0.3 is 6.18 Å². The number of allylic oxidation sites excluding steroid dienone is 2. The Morgan fingerprint density at radius 1 is 1.39 bits per heavy atom. The fraction of sp³-hybridized carbons (Fsp3) is 0.316. The van der Waals surface area contributed by atoms with Gasteiger partial charge in [0.05, 0.1) is 12.8 Å². The van der Waals surface area contributed by atoms with E-state index >= 15 is 0 Å². The number of hydrogen-bond donors (Lipinski definition) is 1. The molecular formula is C19H21F3N4O2. The van der Waals surface area contributed by atoms with Gasteiger partial charge in [0.1, 0.15) is 11.8 Å². The topological polar surface area (TPSA) is 66.3 Å². The first kappa shape index (κ1) is 21.2. The highest BCUT2D eigenvalue weighted by Crippen LogP contribution is 2.26. The van der Waals surface area contributed by atoms with Gasteiger partial charge in [-0.25, -0.2) is 4.99 Å². The number of aliphatic imine (C=N–C) groups is 2. The van der Waals surface area contributed by atoms with Crippen molar-refractivity contribution in [3.05, 3.63) is 53.1 Å². The number of benzene rings is 1. The van der Waals surface area contributed by atoms with Gasteiger partial charge in [0.15, 0.2) is 11.5 Å². The van der Waals surface area contributed by atoms with Crippen LogP contribution in [0.15, 0.2) is 57.5 Å². The highest BCUT2D eigenvalue weighted by molar-refractivity contribution is 6.10. The van der Waals surface area contributed by atoms with Gasteiger partial charge in [-0.1, -0.05) is 12.1 Å². The number of carbonyl (C=O) groups is 1. The second-order valence-electron chi connectivity index (χ2n) is 6.14. The summed E-state index contributed by atoms with van der Waals surface area (Å²) in [5.74, 6) is -0.292. The van der Waals surface area contributed by atoms with Crippen molar-refractivity contribution in [2.75, 3.05) is 14.2 Å². The number of nitrogens with zero attached hydrogens (tertiary/aromatic N) is 3. The molecule has 0 saturated heterocycles. The molecule has 2 rings (SSSR count). The first-order chi connectivity index (χ1) is 13.1. The molecule has 1 aliphatic heterocycles. The number of methoxy groups -OCH3 is 1. The number of rotatable bonds is 5. The lowest BCUT2D eigenvalue weighted by Crippen LogP contribution is -2.44. The smallest absolute Gasteiger partial charge is 0.408 e. The molecule has 0 radical (unpaired) electrons. The summed E-state index contributed by atoms with van der Waals surface area (Å²) in [6, 6.07) is 5.09. The molecule has 0 saturated carbocycles. The Bertz CT molecular complexity index is 872. The molecule has 0 aromatic heterocycles. The average molecular weight is 394 g/mol. The standard InChI is InChI=1S/C19H21F3N4O2/c1-11-9-15(13-7-6-8-14(10-13)28-5)25-17(26(11)4)16(23-3)18(27)24-12(2)19(20,21)22/h6-10,12H,3H2,1-2,4-5H3,(H,24,27)/b17-16-. The lowest BCUT2D eigenvalue weighted by atomic mass is 10.1. The van der Waals surface area contributed by atoms with Gasteiger partial charge in [0, 0.05) is 18.3 Å². The fourth-order valence-electron chi connectivity index (χ4n) is 2.42. The van der Waals surface area contributed by atoms with Crippen LogP contribution in [0.4, 0.5) is 13.2 Å². The van der Waals surface area contributed by atoms with E-state index in [1.54, 1.807) is 49.2 Å². The second kappa shape index (κ2) is 8.28. The van der Waals surface area contributed by atoms with Crippen molar-refractivity contribution in [1.29, 1.82) is 0 Å². The van der Waals surface area contributed by atoms with E-state index in [1.807, 2.05) is 5.32 Å². The number of hydrogen-bond acceptors (Lipinski definition) is 5. The first-order valence-electron chi connectivity index (χ1n) is 8.32. The van der Waals surface area contributed by atoms with Crippen LogP contribution in [0.2, 0.25) is 0 Å². The van der Waals surface area contributed by atoms with E-state index in [0.29, 0.717) is 11.5 Å². The molecule has 0 aliphatic carbocycles. The third kappa shape index (κ3) is 4.59. The van der Waals surface area contributed by atoms with Gasteiger partial charge in [-0.3, -0.25) is 9.79 Å². The van der Waals surface area contributed by atoms with E-state index in [1.165, 1.54) is 7.11 Å². The van der Waals surface area contributed by atoms with Crippen LogP contribution < -0.4 is 10.1 Å². The zero-order valence-electron chi connectivity index (χ0n) is 16.0. The monoisotopic (exact) mass is 394 g/mol. The summed E-state index contributed by atoms with van der Waals surface area (Å²) in [7, 11) is 3.17. The third-order valence-electron chi connectivity index (χ3n) is 4.21. The largest absolute Gasteiger partial charge is 0.497 e. The van der Waals surface area contributed by atoms with Crippen LogP contribution in [0.3, 0.4) is 0 Å². The van der Waals surface area contributed by atoms with Crippen LogP contribution in [-0.4, -0.2) is 49.6 Å². The number of ether oxygens (including phenoxy) is 1. The van der Waals surface area contributed by atoms with Gasteiger partial charge in [-0.2, -0.15) is 13.2 Å². The summed E-state index contributed by atoms with van der Waals surface area (Å²) < 4.78 is 43.5. The zero-order valence-corrected chi connectivity index (χ0v) is 16.0. The Morgan fingerprint density at radius 2 is 2.07 bits per heavy atom. The highest BCUT2D eigenvalue weighted by atomic mass is 19.4. The van der Waals surface area contributed by atoms with Gasteiger partial charge in [0.25, 0.3) is 5.91 Å². The van der Waals surface area contributed by atoms with Gasteiger partial charge in [-0.15, -0.1) is 0 Å². The van der Waals surface area contributed by atoms with Gasteiger partial charge in [-0.05, 0) is 38.8 Å². The molecule has 150 valence electrons. The minimum atomic E-state index is -4.57. The maximum absolute atomic E-state index is 12.8. The highest BCUT2D eigenvalue weighted by Gasteiger charge is 2.38. The summed E-state index contributed by atoms with van der Waals surface area (Å²) in [5, 5.41) is 1.89. The first-order valence-corrected chi connectivity index (χ1v) is 8.32. The van der Waals surface area contributed by atoms with Crippen molar-refractivity contribution in [2.45, 2.75) is 26.1 Å². The van der Waals surface area contributed by atoms with Crippen molar-refractivity contribution in [1.82, 2.24) is 10.2 Å². The molecule has 1 aromatic rings. The molecule has 1 unspecified atom stereocenters. The Morgan fingerprint density at radius 3 is 2.64 bits per heavy atom. The SMILES string of the molecule is C=N/C(C(=O)NC(C)C(F)(F)F)=C1/N=C(c2cccc(OC)c2)C=C(C)N1C. The normalized spacial score (nSPS) is 17.3. The maximum atomic E-state index is 12.8. The van der Waals surface area contributed by atoms with Crippen LogP contribution >= 0.6 is 0 Å². The number of alkyl halides is 3. The van der Waals surface area contributed by atoms with E-state index in [0.717, 1.165) is 18.2 Å². The van der Waals surface area contributed by atoms with E-state index in [4.69, 9.17) is 4.74 Å². The molecule has 28 heavy (non-hydrogen) atoms. The van der Waals surface area contributed by atoms with Crippen LogP contribution in [0.25, 0.3) is 0 Å². The number of nitrogens with one attached hydrogen (secondary N) is 1. The molecule has 1 amide bonds. The summed E-state index contributed by atoms with van der Waals surface area (Å²) in [6.45, 7) is 5.96. The molecular weight excluding hydrogens is 373 g/mol. The Balaban J connectivity index is 2.49. The Kier molecular flexibility index (Phi) is 6.27. The van der Waals surface area contributed by atoms with E-state index in [2.05, 4.69) is 16.7 Å². The molecule has 0 spiro atoms. The molecule has 1 aromatic carbocycles. The van der Waals surface area contributed by atoms with Crippen molar-refractivity contribution in [3.8, 4) is 5.75 Å². The number of halogens is 3. The van der Waals surface area contributed by atoms with Crippen molar-refractivity contribution in [2.24, 2.45) is 9.98 Å². The quantitative estimate of drug-likeness (QED) is 0.616. The summed E-state index contributed by atoms with van der Waals surface area (Å²) >= 11 is 0. The lowest BCUT2D eigenvalue weighted by Gasteiger charge is -2.27. The molecule has 0 fully saturated rings. The predicted molar refractivity (Wildman–Crippen MR) is 101 cm³/mol. The molecule has 0 bridgehead atoms. The van der Waals surface area contributed by atoms with Crippen molar-refractivity contribution >= 4 is 18.3 Å². The second-order valence-corrected chi connectivity index (χ2v) is 6.14. The fourth-order valence-corrected chi connectivity index (χ4v) is 2.42. The van der Waals surface area contributed by atoms with Crippen LogP contribution in [-0.2, 0) is 4.79 Å². The summed E-state index contributed by atoms with van der Waals surface area (Å²) in [6.07, 6.45) is -2.79. The molecule has 9 heteroatoms. The zero-order chi connectivity index (χ0) is 21.1. The maximum Gasteiger partial charge on any atom is 0.408 e. The number of amides is 1. The Hall–Kier alpha value is -3.10. The minimum Gasteiger partial charge on any atom is -0.497 e. The van der Waals surface area contributed by atoms with E-state index in [9.17, 15) is 18.0 Å². The van der Waals surface area contributed by atoms with Crippen molar-refractivity contribution in [3.63, 3.8) is 0 Å². The minimum absolute atomic E-state index is 0.0969.